The number of hydrogen-bond donors (Lipinski definition) is 1. The lowest BCUT2D eigenvalue weighted by atomic mass is 10.1. The van der Waals surface area contributed by atoms with Gasteiger partial charge < -0.3 is 10.1 Å². The van der Waals surface area contributed by atoms with Crippen molar-refractivity contribution in [2.75, 3.05) is 11.9 Å². The molecule has 1 N–H and O–H groups in total. The van der Waals surface area contributed by atoms with Gasteiger partial charge in [0.05, 0.1) is 29.1 Å². The largest absolute Gasteiger partial charge is 0.466 e. The van der Waals surface area contributed by atoms with Crippen LogP contribution in [0, 0.1) is 24.6 Å². The molecule has 1 saturated carbocycles. The average Bonchev–Trinajstić information content (AvgIpc) is 3.27. The number of esters is 1. The minimum Gasteiger partial charge on any atom is -0.466 e. The van der Waals surface area contributed by atoms with Gasteiger partial charge in [-0.05, 0) is 44.0 Å². The van der Waals surface area contributed by atoms with Gasteiger partial charge in [-0.3, -0.25) is 9.59 Å². The molecule has 2 atom stereocenters. The Morgan fingerprint density at radius 1 is 1.38 bits per heavy atom. The molecule has 1 amide bonds. The van der Waals surface area contributed by atoms with Crippen molar-refractivity contribution in [3.8, 4) is 0 Å². The number of thiazole rings is 1. The fraction of sp³-hybridized carbons (Fsp3) is 0.389. The number of anilines is 1. The molecular weight excluding hydrogens is 379 g/mol. The van der Waals surface area contributed by atoms with Crippen molar-refractivity contribution in [3.63, 3.8) is 0 Å². The van der Waals surface area contributed by atoms with Crippen molar-refractivity contribution in [1.29, 1.82) is 0 Å². The molecule has 2 aromatic rings. The first-order valence-electron chi connectivity index (χ1n) is 8.26. The molecule has 8 heteroatoms. The summed E-state index contributed by atoms with van der Waals surface area (Å²) in [4.78, 5) is 28.4. The summed E-state index contributed by atoms with van der Waals surface area (Å²) in [5.41, 5.74) is 1.40. The smallest absolute Gasteiger partial charge is 0.309 e. The Labute approximate surface area is 159 Å². The van der Waals surface area contributed by atoms with Gasteiger partial charge in [0.25, 0.3) is 0 Å². The van der Waals surface area contributed by atoms with Crippen LogP contribution in [0.25, 0.3) is 0 Å². The van der Waals surface area contributed by atoms with Crippen LogP contribution in [0.4, 0.5) is 9.39 Å². The summed E-state index contributed by atoms with van der Waals surface area (Å²) in [6.45, 7) is 3.85. The number of amides is 1. The van der Waals surface area contributed by atoms with E-state index in [0.717, 1.165) is 5.01 Å². The van der Waals surface area contributed by atoms with Gasteiger partial charge in [-0.1, -0.05) is 11.6 Å². The standard InChI is InChI=1S/C18H18ClFN2O3S/c1-3-25-18(24)14-8-13(14)16(23)22-17-9(2)21-15(26-17)6-10-4-11(19)7-12(20)5-10/h4-5,7,13-14H,3,6,8H2,1-2H3,(H,22,23)/t13-,14-/m1/s1. The summed E-state index contributed by atoms with van der Waals surface area (Å²) in [5.74, 6) is -1.61. The van der Waals surface area contributed by atoms with Crippen molar-refractivity contribution >= 4 is 39.8 Å². The molecule has 1 heterocycles. The first-order valence-corrected chi connectivity index (χ1v) is 9.45. The molecule has 0 radical (unpaired) electrons. The summed E-state index contributed by atoms with van der Waals surface area (Å²) in [7, 11) is 0. The highest BCUT2D eigenvalue weighted by Gasteiger charge is 2.49. The number of carbonyl (C=O) groups excluding carboxylic acids is 2. The number of nitrogens with zero attached hydrogens (tertiary/aromatic N) is 1. The van der Waals surface area contributed by atoms with E-state index in [1.165, 1.54) is 23.5 Å². The maximum absolute atomic E-state index is 13.4. The second kappa shape index (κ2) is 7.72. The number of carbonyl (C=O) groups is 2. The van der Waals surface area contributed by atoms with Gasteiger partial charge >= 0.3 is 5.97 Å². The number of hydrogen-bond acceptors (Lipinski definition) is 5. The van der Waals surface area contributed by atoms with E-state index >= 15 is 0 Å². The zero-order valence-electron chi connectivity index (χ0n) is 14.3. The number of nitrogens with one attached hydrogen (secondary N) is 1. The molecule has 26 heavy (non-hydrogen) atoms. The van der Waals surface area contributed by atoms with Crippen LogP contribution in [0.5, 0.6) is 0 Å². The third kappa shape index (κ3) is 4.40. The first kappa shape index (κ1) is 18.8. The fourth-order valence-corrected chi connectivity index (χ4v) is 3.98. The maximum atomic E-state index is 13.4. The van der Waals surface area contributed by atoms with E-state index < -0.39 is 5.82 Å². The molecule has 0 spiro atoms. The van der Waals surface area contributed by atoms with E-state index in [2.05, 4.69) is 10.3 Å². The predicted octanol–water partition coefficient (Wildman–Crippen LogP) is 3.97. The van der Waals surface area contributed by atoms with Crippen LogP contribution in [0.1, 0.15) is 29.6 Å². The number of benzene rings is 1. The predicted molar refractivity (Wildman–Crippen MR) is 97.9 cm³/mol. The molecule has 5 nitrogen and oxygen atoms in total. The highest BCUT2D eigenvalue weighted by atomic mass is 35.5. The molecule has 1 fully saturated rings. The Morgan fingerprint density at radius 2 is 2.15 bits per heavy atom. The quantitative estimate of drug-likeness (QED) is 0.750. The lowest BCUT2D eigenvalue weighted by molar-refractivity contribution is -0.145. The van der Waals surface area contributed by atoms with Crippen molar-refractivity contribution < 1.29 is 18.7 Å². The molecular formula is C18H18ClFN2O3S. The fourth-order valence-electron chi connectivity index (χ4n) is 2.73. The first-order chi connectivity index (χ1) is 12.4. The van der Waals surface area contributed by atoms with Gasteiger partial charge in [0, 0.05) is 11.4 Å². The highest BCUT2D eigenvalue weighted by molar-refractivity contribution is 7.16. The molecule has 0 aliphatic heterocycles. The minimum atomic E-state index is -0.395. The number of aromatic nitrogens is 1. The van der Waals surface area contributed by atoms with Crippen LogP contribution in [-0.4, -0.2) is 23.5 Å². The summed E-state index contributed by atoms with van der Waals surface area (Å²) < 4.78 is 18.4. The van der Waals surface area contributed by atoms with Crippen LogP contribution in [0.2, 0.25) is 5.02 Å². The number of ether oxygens (including phenoxy) is 1. The molecule has 1 aliphatic carbocycles. The summed E-state index contributed by atoms with van der Waals surface area (Å²) in [6, 6.07) is 4.35. The molecule has 0 unspecified atom stereocenters. The highest BCUT2D eigenvalue weighted by Crippen LogP contribution is 2.41. The Morgan fingerprint density at radius 3 is 2.85 bits per heavy atom. The second-order valence-electron chi connectivity index (χ2n) is 6.17. The number of rotatable bonds is 6. The number of halogens is 2. The molecule has 1 aliphatic rings. The van der Waals surface area contributed by atoms with Crippen LogP contribution in [-0.2, 0) is 20.7 Å². The molecule has 138 valence electrons. The van der Waals surface area contributed by atoms with Gasteiger partial charge in [0.15, 0.2) is 0 Å². The van der Waals surface area contributed by atoms with Crippen molar-refractivity contribution in [3.05, 3.63) is 45.3 Å². The van der Waals surface area contributed by atoms with Gasteiger partial charge in [0.2, 0.25) is 5.91 Å². The zero-order valence-corrected chi connectivity index (χ0v) is 15.9. The minimum absolute atomic E-state index is 0.199. The molecule has 1 aromatic carbocycles. The Balaban J connectivity index is 1.63. The summed E-state index contributed by atoms with van der Waals surface area (Å²) >= 11 is 7.21. The van der Waals surface area contributed by atoms with E-state index in [4.69, 9.17) is 16.3 Å². The van der Waals surface area contributed by atoms with E-state index in [9.17, 15) is 14.0 Å². The number of aryl methyl sites for hydroxylation is 1. The lowest BCUT2D eigenvalue weighted by Gasteiger charge is -2.03. The van der Waals surface area contributed by atoms with Gasteiger partial charge in [-0.15, -0.1) is 11.3 Å². The van der Waals surface area contributed by atoms with E-state index in [-0.39, 0.29) is 23.7 Å². The SMILES string of the molecule is CCOC(=O)[C@@H]1C[C@H]1C(=O)Nc1sc(Cc2cc(F)cc(Cl)c2)nc1C. The Hall–Kier alpha value is -1.99. The normalized spacial score (nSPS) is 18.5. The van der Waals surface area contributed by atoms with Crippen molar-refractivity contribution in [2.45, 2.75) is 26.7 Å². The Kier molecular flexibility index (Phi) is 5.58. The molecule has 3 rings (SSSR count). The summed E-state index contributed by atoms with van der Waals surface area (Å²) in [5, 5.41) is 4.56. The van der Waals surface area contributed by atoms with Crippen molar-refractivity contribution in [1.82, 2.24) is 4.98 Å². The van der Waals surface area contributed by atoms with Crippen LogP contribution >= 0.6 is 22.9 Å². The third-order valence-electron chi connectivity index (χ3n) is 4.07. The average molecular weight is 397 g/mol. The monoisotopic (exact) mass is 396 g/mol. The maximum Gasteiger partial charge on any atom is 0.309 e. The van der Waals surface area contributed by atoms with Crippen LogP contribution in [0.15, 0.2) is 18.2 Å². The summed E-state index contributed by atoms with van der Waals surface area (Å²) in [6.07, 6.45) is 0.935. The van der Waals surface area contributed by atoms with E-state index in [1.807, 2.05) is 0 Å². The molecule has 1 aromatic heterocycles. The van der Waals surface area contributed by atoms with E-state index in [0.29, 0.717) is 40.7 Å². The Bertz CT molecular complexity index is 835. The molecule has 0 bridgehead atoms. The van der Waals surface area contributed by atoms with Gasteiger partial charge in [-0.25, -0.2) is 9.37 Å². The topological polar surface area (TPSA) is 68.3 Å². The molecule has 0 saturated heterocycles. The van der Waals surface area contributed by atoms with Crippen LogP contribution in [0.3, 0.4) is 0 Å². The van der Waals surface area contributed by atoms with Crippen LogP contribution < -0.4 is 5.32 Å². The van der Waals surface area contributed by atoms with Gasteiger partial charge in [-0.2, -0.15) is 0 Å². The van der Waals surface area contributed by atoms with Crippen molar-refractivity contribution in [2.24, 2.45) is 11.8 Å². The van der Waals surface area contributed by atoms with Gasteiger partial charge in [0.1, 0.15) is 10.8 Å². The van der Waals surface area contributed by atoms with E-state index in [1.54, 1.807) is 19.9 Å². The third-order valence-corrected chi connectivity index (χ3v) is 5.36. The second-order valence-corrected chi connectivity index (χ2v) is 7.69. The zero-order chi connectivity index (χ0) is 18.8. The lowest BCUT2D eigenvalue weighted by Crippen LogP contribution is -2.17.